The molecule has 0 bridgehead atoms. The standard InChI is InChI=1S/C10H12ClN5/c1-2-3-8-13-4-5-16(8)9-7(12)6-14-10(11)15-9/h4-6H,2-3,12H2,1H3. The van der Waals surface area contributed by atoms with E-state index in [1.54, 1.807) is 6.20 Å². The third kappa shape index (κ3) is 1.99. The van der Waals surface area contributed by atoms with Gasteiger partial charge in [-0.15, -0.1) is 0 Å². The molecule has 2 heterocycles. The van der Waals surface area contributed by atoms with Gasteiger partial charge in [0.2, 0.25) is 5.28 Å². The van der Waals surface area contributed by atoms with Gasteiger partial charge in [-0.2, -0.15) is 4.98 Å². The highest BCUT2D eigenvalue weighted by atomic mass is 35.5. The van der Waals surface area contributed by atoms with Gasteiger partial charge >= 0.3 is 0 Å². The fraction of sp³-hybridized carbons (Fsp3) is 0.300. The molecule has 2 rings (SSSR count). The molecule has 0 unspecified atom stereocenters. The van der Waals surface area contributed by atoms with Crippen molar-refractivity contribution in [1.29, 1.82) is 0 Å². The monoisotopic (exact) mass is 237 g/mol. The predicted molar refractivity (Wildman–Crippen MR) is 62.6 cm³/mol. The summed E-state index contributed by atoms with van der Waals surface area (Å²) in [5.74, 6) is 1.50. The van der Waals surface area contributed by atoms with E-state index in [4.69, 9.17) is 17.3 Å². The van der Waals surface area contributed by atoms with Crippen LogP contribution in [0.3, 0.4) is 0 Å². The fourth-order valence-corrected chi connectivity index (χ4v) is 1.62. The van der Waals surface area contributed by atoms with Crippen molar-refractivity contribution in [2.75, 3.05) is 5.73 Å². The number of anilines is 1. The number of hydrogen-bond donors (Lipinski definition) is 1. The molecular weight excluding hydrogens is 226 g/mol. The minimum Gasteiger partial charge on any atom is -0.394 e. The van der Waals surface area contributed by atoms with Crippen molar-refractivity contribution in [1.82, 2.24) is 19.5 Å². The average molecular weight is 238 g/mol. The Labute approximate surface area is 98.3 Å². The number of aromatic nitrogens is 4. The Morgan fingerprint density at radius 2 is 2.25 bits per heavy atom. The molecule has 16 heavy (non-hydrogen) atoms. The topological polar surface area (TPSA) is 69.6 Å². The van der Waals surface area contributed by atoms with Crippen LogP contribution in [0, 0.1) is 0 Å². The van der Waals surface area contributed by atoms with Crippen LogP contribution in [-0.4, -0.2) is 19.5 Å². The van der Waals surface area contributed by atoms with Crippen LogP contribution in [0.15, 0.2) is 18.6 Å². The molecule has 0 spiro atoms. The Kier molecular flexibility index (Phi) is 3.05. The van der Waals surface area contributed by atoms with Crippen molar-refractivity contribution in [2.24, 2.45) is 0 Å². The van der Waals surface area contributed by atoms with Gasteiger partial charge < -0.3 is 5.73 Å². The summed E-state index contributed by atoms with van der Waals surface area (Å²) in [6, 6.07) is 0. The third-order valence-corrected chi connectivity index (χ3v) is 2.37. The van der Waals surface area contributed by atoms with Gasteiger partial charge in [-0.05, 0) is 18.0 Å². The molecule has 2 aromatic heterocycles. The summed E-state index contributed by atoms with van der Waals surface area (Å²) < 4.78 is 1.84. The summed E-state index contributed by atoms with van der Waals surface area (Å²) >= 11 is 5.75. The molecule has 2 aromatic rings. The SMILES string of the molecule is CCCc1nccn1-c1nc(Cl)ncc1N. The molecule has 84 valence electrons. The molecular formula is C10H12ClN5. The third-order valence-electron chi connectivity index (χ3n) is 2.19. The van der Waals surface area contributed by atoms with Crippen molar-refractivity contribution in [3.63, 3.8) is 0 Å². The quantitative estimate of drug-likeness (QED) is 0.828. The highest BCUT2D eigenvalue weighted by molar-refractivity contribution is 6.28. The maximum atomic E-state index is 5.81. The molecule has 0 saturated heterocycles. The van der Waals surface area contributed by atoms with Gasteiger partial charge in [-0.25, -0.2) is 9.97 Å². The van der Waals surface area contributed by atoms with Crippen molar-refractivity contribution in [3.8, 4) is 5.82 Å². The summed E-state index contributed by atoms with van der Waals surface area (Å²) in [6.07, 6.45) is 6.92. The van der Waals surface area contributed by atoms with Gasteiger partial charge in [-0.1, -0.05) is 6.92 Å². The van der Waals surface area contributed by atoms with Crippen LogP contribution in [0.1, 0.15) is 19.2 Å². The Hall–Kier alpha value is -1.62. The van der Waals surface area contributed by atoms with E-state index in [1.807, 2.05) is 10.8 Å². The molecule has 0 aliphatic carbocycles. The number of imidazole rings is 1. The highest BCUT2D eigenvalue weighted by Crippen LogP contribution is 2.17. The summed E-state index contributed by atoms with van der Waals surface area (Å²) in [7, 11) is 0. The summed E-state index contributed by atoms with van der Waals surface area (Å²) in [4.78, 5) is 12.2. The second-order valence-corrected chi connectivity index (χ2v) is 3.72. The maximum absolute atomic E-state index is 5.81. The molecule has 0 atom stereocenters. The van der Waals surface area contributed by atoms with E-state index >= 15 is 0 Å². The largest absolute Gasteiger partial charge is 0.394 e. The van der Waals surface area contributed by atoms with E-state index in [-0.39, 0.29) is 5.28 Å². The zero-order valence-corrected chi connectivity index (χ0v) is 9.65. The van der Waals surface area contributed by atoms with E-state index < -0.39 is 0 Å². The lowest BCUT2D eigenvalue weighted by Gasteiger charge is -2.08. The molecule has 6 heteroatoms. The zero-order chi connectivity index (χ0) is 11.5. The fourth-order valence-electron chi connectivity index (χ4n) is 1.49. The lowest BCUT2D eigenvalue weighted by atomic mass is 10.3. The van der Waals surface area contributed by atoms with Gasteiger partial charge in [0, 0.05) is 18.8 Å². The summed E-state index contributed by atoms with van der Waals surface area (Å²) in [6.45, 7) is 2.09. The van der Waals surface area contributed by atoms with Crippen molar-refractivity contribution >= 4 is 17.3 Å². The zero-order valence-electron chi connectivity index (χ0n) is 8.89. The molecule has 0 aliphatic rings. The van der Waals surface area contributed by atoms with Gasteiger partial charge in [0.15, 0.2) is 5.82 Å². The highest BCUT2D eigenvalue weighted by Gasteiger charge is 2.09. The Balaban J connectivity index is 2.49. The molecule has 2 N–H and O–H groups in total. The lowest BCUT2D eigenvalue weighted by molar-refractivity contribution is 0.797. The number of aryl methyl sites for hydroxylation is 1. The number of rotatable bonds is 3. The van der Waals surface area contributed by atoms with Gasteiger partial charge in [-0.3, -0.25) is 4.57 Å². The molecule has 0 aromatic carbocycles. The first-order valence-electron chi connectivity index (χ1n) is 5.03. The Bertz CT molecular complexity index is 494. The molecule has 5 nitrogen and oxygen atoms in total. The van der Waals surface area contributed by atoms with Crippen LogP contribution < -0.4 is 5.73 Å². The van der Waals surface area contributed by atoms with E-state index in [1.165, 1.54) is 6.20 Å². The van der Waals surface area contributed by atoms with Crippen LogP contribution in [0.5, 0.6) is 0 Å². The molecule has 0 amide bonds. The second-order valence-electron chi connectivity index (χ2n) is 3.38. The van der Waals surface area contributed by atoms with Gasteiger partial charge in [0.1, 0.15) is 5.82 Å². The molecule has 0 aliphatic heterocycles. The number of hydrogen-bond acceptors (Lipinski definition) is 4. The van der Waals surface area contributed by atoms with Crippen molar-refractivity contribution < 1.29 is 0 Å². The normalized spacial score (nSPS) is 10.6. The number of nitrogens with zero attached hydrogens (tertiary/aromatic N) is 4. The van der Waals surface area contributed by atoms with Crippen LogP contribution in [0.4, 0.5) is 5.69 Å². The lowest BCUT2D eigenvalue weighted by Crippen LogP contribution is -2.07. The summed E-state index contributed by atoms with van der Waals surface area (Å²) in [5.41, 5.74) is 6.30. The number of nitrogen functional groups attached to an aromatic ring is 1. The smallest absolute Gasteiger partial charge is 0.224 e. The first-order chi connectivity index (χ1) is 7.72. The Morgan fingerprint density at radius 3 is 3.00 bits per heavy atom. The van der Waals surface area contributed by atoms with Crippen LogP contribution >= 0.6 is 11.6 Å². The molecule has 0 radical (unpaired) electrons. The number of halogens is 1. The van der Waals surface area contributed by atoms with Crippen molar-refractivity contribution in [3.05, 3.63) is 29.7 Å². The average Bonchev–Trinajstić information content (AvgIpc) is 2.70. The van der Waals surface area contributed by atoms with Gasteiger partial charge in [0.05, 0.1) is 11.9 Å². The molecule has 0 saturated carbocycles. The van der Waals surface area contributed by atoms with E-state index in [0.717, 1.165) is 18.7 Å². The predicted octanol–water partition coefficient (Wildman–Crippen LogP) is 1.85. The van der Waals surface area contributed by atoms with Gasteiger partial charge in [0.25, 0.3) is 0 Å². The number of nitrogens with two attached hydrogens (primary N) is 1. The minimum absolute atomic E-state index is 0.181. The van der Waals surface area contributed by atoms with E-state index in [0.29, 0.717) is 11.5 Å². The second kappa shape index (κ2) is 4.49. The summed E-state index contributed by atoms with van der Waals surface area (Å²) in [5, 5.41) is 0.181. The molecule has 0 fully saturated rings. The van der Waals surface area contributed by atoms with E-state index in [9.17, 15) is 0 Å². The first kappa shape index (κ1) is 10.9. The first-order valence-corrected chi connectivity index (χ1v) is 5.40. The Morgan fingerprint density at radius 1 is 1.44 bits per heavy atom. The van der Waals surface area contributed by atoms with Crippen LogP contribution in [0.25, 0.3) is 5.82 Å². The minimum atomic E-state index is 0.181. The van der Waals surface area contributed by atoms with Crippen molar-refractivity contribution in [2.45, 2.75) is 19.8 Å². The van der Waals surface area contributed by atoms with Crippen LogP contribution in [-0.2, 0) is 6.42 Å². The van der Waals surface area contributed by atoms with E-state index in [2.05, 4.69) is 21.9 Å². The van der Waals surface area contributed by atoms with Crippen LogP contribution in [0.2, 0.25) is 5.28 Å². The maximum Gasteiger partial charge on any atom is 0.224 e.